The number of nitrogens with zero attached hydrogens (tertiary/aromatic N) is 3. The van der Waals surface area contributed by atoms with Gasteiger partial charge in [-0.3, -0.25) is 5.01 Å². The van der Waals surface area contributed by atoms with Crippen LogP contribution in [0.4, 0.5) is 5.69 Å². The van der Waals surface area contributed by atoms with E-state index in [1.54, 1.807) is 0 Å². The Bertz CT molecular complexity index is 554. The molecule has 5 heteroatoms. The van der Waals surface area contributed by atoms with Crippen molar-refractivity contribution in [2.75, 3.05) is 18.9 Å². The Balaban J connectivity index is 2.64. The first-order valence-corrected chi connectivity index (χ1v) is 8.98. The normalized spacial score (nSPS) is 14.9. The van der Waals surface area contributed by atoms with Gasteiger partial charge in [0.25, 0.3) is 0 Å². The first-order valence-electron chi connectivity index (χ1n) is 8.60. The molecule has 1 aromatic carbocycles. The predicted molar refractivity (Wildman–Crippen MR) is 105 cm³/mol. The lowest BCUT2D eigenvalue weighted by Gasteiger charge is -2.23. The number of hydrogen-bond acceptors (Lipinski definition) is 3. The molecule has 0 saturated carbocycles. The van der Waals surface area contributed by atoms with Gasteiger partial charge in [-0.05, 0) is 51.3 Å². The Morgan fingerprint density at radius 1 is 1.33 bits per heavy atom. The highest BCUT2D eigenvalue weighted by molar-refractivity contribution is 6.30. The minimum atomic E-state index is 0.241. The van der Waals surface area contributed by atoms with Crippen LogP contribution in [0.2, 0.25) is 5.02 Å². The van der Waals surface area contributed by atoms with E-state index in [1.165, 1.54) is 5.57 Å². The first-order chi connectivity index (χ1) is 11.3. The van der Waals surface area contributed by atoms with Gasteiger partial charge >= 0.3 is 0 Å². The van der Waals surface area contributed by atoms with Crippen molar-refractivity contribution < 1.29 is 0 Å². The molecule has 0 spiro atoms. The molecule has 0 aromatic heterocycles. The molecular weight excluding hydrogens is 320 g/mol. The van der Waals surface area contributed by atoms with Crippen LogP contribution in [0.5, 0.6) is 0 Å². The van der Waals surface area contributed by atoms with Crippen LogP contribution in [0, 0.1) is 5.92 Å². The maximum Gasteiger partial charge on any atom is 0.0724 e. The van der Waals surface area contributed by atoms with E-state index in [9.17, 15) is 0 Å². The summed E-state index contributed by atoms with van der Waals surface area (Å²) in [5.41, 5.74) is 2.34. The van der Waals surface area contributed by atoms with E-state index < -0.39 is 0 Å². The molecule has 1 unspecified atom stereocenters. The van der Waals surface area contributed by atoms with Crippen LogP contribution >= 0.6 is 11.6 Å². The number of allylic oxidation sites excluding steroid dienone is 1. The molecule has 0 bridgehead atoms. The summed E-state index contributed by atoms with van der Waals surface area (Å²) in [6.45, 7) is 11.4. The van der Waals surface area contributed by atoms with Crippen LogP contribution in [-0.2, 0) is 0 Å². The summed E-state index contributed by atoms with van der Waals surface area (Å²) in [5.74, 6) is 0.504. The molecule has 1 aromatic rings. The van der Waals surface area contributed by atoms with Crippen molar-refractivity contribution in [3.05, 3.63) is 40.9 Å². The minimum absolute atomic E-state index is 0.241. The molecule has 1 rings (SSSR count). The number of hydrogen-bond donors (Lipinski definition) is 1. The van der Waals surface area contributed by atoms with Crippen molar-refractivity contribution in [3.63, 3.8) is 0 Å². The van der Waals surface area contributed by atoms with Gasteiger partial charge in [-0.2, -0.15) is 5.11 Å². The van der Waals surface area contributed by atoms with Crippen LogP contribution in [0.15, 0.2) is 46.3 Å². The Morgan fingerprint density at radius 2 is 2.04 bits per heavy atom. The number of anilines is 1. The SMILES string of the molecule is C/C=C(\C)C(CCN(C)/N=N\[C@@H](C)C(C)C)Nc1cccc(Cl)c1. The average molecular weight is 351 g/mol. The summed E-state index contributed by atoms with van der Waals surface area (Å²) in [6.07, 6.45) is 3.08. The Morgan fingerprint density at radius 3 is 2.62 bits per heavy atom. The first kappa shape index (κ1) is 20.5. The van der Waals surface area contributed by atoms with E-state index in [0.29, 0.717) is 5.92 Å². The fourth-order valence-electron chi connectivity index (χ4n) is 2.06. The fourth-order valence-corrected chi connectivity index (χ4v) is 2.25. The monoisotopic (exact) mass is 350 g/mol. The quantitative estimate of drug-likeness (QED) is 0.346. The van der Waals surface area contributed by atoms with Gasteiger partial charge in [0.15, 0.2) is 0 Å². The van der Waals surface area contributed by atoms with Crippen LogP contribution < -0.4 is 5.32 Å². The summed E-state index contributed by atoms with van der Waals surface area (Å²) in [5, 5.41) is 14.9. The average Bonchev–Trinajstić information content (AvgIpc) is 2.55. The van der Waals surface area contributed by atoms with Crippen LogP contribution in [0.3, 0.4) is 0 Å². The fraction of sp³-hybridized carbons (Fsp3) is 0.579. The molecule has 0 saturated heterocycles. The standard InChI is InChI=1S/C19H31ClN4/c1-7-15(4)19(21-18-10-8-9-17(20)13-18)11-12-24(6)23-22-16(5)14(2)3/h7-10,13-14,16,19,21H,11-12H2,1-6H3/b15-7+,23-22-/t16-,19?/m0/s1. The molecule has 24 heavy (non-hydrogen) atoms. The van der Waals surface area contributed by atoms with E-state index in [-0.39, 0.29) is 12.1 Å². The lowest BCUT2D eigenvalue weighted by atomic mass is 10.0. The van der Waals surface area contributed by atoms with Crippen molar-refractivity contribution in [1.82, 2.24) is 5.01 Å². The number of benzene rings is 1. The molecule has 0 radical (unpaired) electrons. The number of halogens is 1. The molecule has 0 fully saturated rings. The van der Waals surface area contributed by atoms with Gasteiger partial charge in [0, 0.05) is 30.3 Å². The van der Waals surface area contributed by atoms with Crippen LogP contribution in [0.1, 0.15) is 41.0 Å². The molecule has 0 aliphatic carbocycles. The Hall–Kier alpha value is -1.55. The van der Waals surface area contributed by atoms with Crippen molar-refractivity contribution in [2.45, 2.75) is 53.1 Å². The molecule has 0 aliphatic heterocycles. The Kier molecular flexibility index (Phi) is 8.83. The molecule has 0 amide bonds. The third kappa shape index (κ3) is 7.35. The third-order valence-corrected chi connectivity index (χ3v) is 4.50. The van der Waals surface area contributed by atoms with Crippen molar-refractivity contribution in [3.8, 4) is 0 Å². The van der Waals surface area contributed by atoms with E-state index in [0.717, 1.165) is 23.7 Å². The van der Waals surface area contributed by atoms with E-state index in [2.05, 4.69) is 56.3 Å². The van der Waals surface area contributed by atoms with Crippen molar-refractivity contribution in [2.24, 2.45) is 16.3 Å². The number of rotatable bonds is 9. The lowest BCUT2D eigenvalue weighted by molar-refractivity contribution is 0.304. The highest BCUT2D eigenvalue weighted by Crippen LogP contribution is 2.19. The molecule has 134 valence electrons. The van der Waals surface area contributed by atoms with E-state index in [1.807, 2.05) is 36.3 Å². The van der Waals surface area contributed by atoms with Gasteiger partial charge in [-0.25, -0.2) is 0 Å². The van der Waals surface area contributed by atoms with Crippen LogP contribution in [-0.4, -0.2) is 30.7 Å². The largest absolute Gasteiger partial charge is 0.378 e. The zero-order chi connectivity index (χ0) is 18.1. The van der Waals surface area contributed by atoms with Crippen molar-refractivity contribution in [1.29, 1.82) is 0 Å². The summed E-state index contributed by atoms with van der Waals surface area (Å²) in [6, 6.07) is 8.31. The molecule has 1 N–H and O–H groups in total. The topological polar surface area (TPSA) is 40.0 Å². The van der Waals surface area contributed by atoms with Gasteiger partial charge in [-0.15, -0.1) is 0 Å². The zero-order valence-corrected chi connectivity index (χ0v) is 16.5. The number of nitrogens with one attached hydrogen (secondary N) is 1. The summed E-state index contributed by atoms with van der Waals surface area (Å²) in [7, 11) is 1.97. The van der Waals surface area contributed by atoms with Gasteiger partial charge in [0.1, 0.15) is 0 Å². The van der Waals surface area contributed by atoms with E-state index in [4.69, 9.17) is 11.6 Å². The molecule has 2 atom stereocenters. The molecule has 4 nitrogen and oxygen atoms in total. The molecule has 0 aliphatic rings. The maximum atomic E-state index is 6.08. The molecule has 0 heterocycles. The summed E-state index contributed by atoms with van der Waals surface area (Å²) in [4.78, 5) is 0. The lowest BCUT2D eigenvalue weighted by Crippen LogP contribution is -2.26. The van der Waals surface area contributed by atoms with Gasteiger partial charge in [-0.1, -0.05) is 48.4 Å². The smallest absolute Gasteiger partial charge is 0.0724 e. The van der Waals surface area contributed by atoms with Gasteiger partial charge in [0.2, 0.25) is 0 Å². The van der Waals surface area contributed by atoms with Crippen molar-refractivity contribution >= 4 is 17.3 Å². The summed E-state index contributed by atoms with van der Waals surface area (Å²) >= 11 is 6.08. The highest BCUT2D eigenvalue weighted by atomic mass is 35.5. The second-order valence-electron chi connectivity index (χ2n) is 6.60. The Labute approximate surface area is 152 Å². The zero-order valence-electron chi connectivity index (χ0n) is 15.8. The summed E-state index contributed by atoms with van der Waals surface area (Å²) < 4.78 is 0. The predicted octanol–water partition coefficient (Wildman–Crippen LogP) is 5.82. The second kappa shape index (κ2) is 10.3. The third-order valence-electron chi connectivity index (χ3n) is 4.26. The maximum absolute atomic E-state index is 6.08. The van der Waals surface area contributed by atoms with Gasteiger partial charge < -0.3 is 5.32 Å². The van der Waals surface area contributed by atoms with Gasteiger partial charge in [0.05, 0.1) is 6.04 Å². The van der Waals surface area contributed by atoms with E-state index >= 15 is 0 Å². The molecular formula is C19H31ClN4. The van der Waals surface area contributed by atoms with Crippen LogP contribution in [0.25, 0.3) is 0 Å². The minimum Gasteiger partial charge on any atom is -0.378 e. The highest BCUT2D eigenvalue weighted by Gasteiger charge is 2.12. The second-order valence-corrected chi connectivity index (χ2v) is 7.04.